The van der Waals surface area contributed by atoms with Crippen LogP contribution in [0.2, 0.25) is 0 Å². The summed E-state index contributed by atoms with van der Waals surface area (Å²) in [5, 5.41) is 3.64. The van der Waals surface area contributed by atoms with Crippen molar-refractivity contribution < 1.29 is 4.74 Å². The van der Waals surface area contributed by atoms with Crippen molar-refractivity contribution in [3.63, 3.8) is 0 Å². The second-order valence-corrected chi connectivity index (χ2v) is 7.86. The zero-order valence-corrected chi connectivity index (χ0v) is 13.9. The van der Waals surface area contributed by atoms with E-state index in [9.17, 15) is 0 Å². The maximum atomic E-state index is 5.74. The Bertz CT molecular complexity index is 316. The van der Waals surface area contributed by atoms with Crippen LogP contribution in [0.3, 0.4) is 0 Å². The van der Waals surface area contributed by atoms with E-state index in [0.717, 1.165) is 25.7 Å². The quantitative estimate of drug-likeness (QED) is 0.769. The minimum absolute atomic E-state index is 0.350. The van der Waals surface area contributed by atoms with Crippen molar-refractivity contribution in [3.8, 4) is 0 Å². The maximum absolute atomic E-state index is 5.74. The Kier molecular flexibility index (Phi) is 5.20. The molecule has 4 heteroatoms. The zero-order valence-electron chi connectivity index (χ0n) is 13.9. The zero-order chi connectivity index (χ0) is 14.7. The minimum atomic E-state index is 0.350. The topological polar surface area (TPSA) is 27.7 Å². The van der Waals surface area contributed by atoms with Gasteiger partial charge in [-0.15, -0.1) is 0 Å². The molecule has 1 aliphatic carbocycles. The average molecular weight is 295 g/mol. The van der Waals surface area contributed by atoms with Crippen molar-refractivity contribution >= 4 is 0 Å². The van der Waals surface area contributed by atoms with E-state index in [2.05, 4.69) is 29.0 Å². The van der Waals surface area contributed by atoms with Crippen molar-refractivity contribution in [2.24, 2.45) is 11.3 Å². The monoisotopic (exact) mass is 295 g/mol. The van der Waals surface area contributed by atoms with Gasteiger partial charge in [-0.05, 0) is 25.2 Å². The van der Waals surface area contributed by atoms with E-state index in [4.69, 9.17) is 4.74 Å². The Morgan fingerprint density at radius 3 is 2.43 bits per heavy atom. The van der Waals surface area contributed by atoms with Crippen LogP contribution in [0, 0.1) is 11.3 Å². The van der Waals surface area contributed by atoms with Crippen LogP contribution in [-0.2, 0) is 4.74 Å². The lowest BCUT2D eigenvalue weighted by Gasteiger charge is -2.40. The Morgan fingerprint density at radius 1 is 1.14 bits per heavy atom. The third kappa shape index (κ3) is 4.65. The molecule has 0 aromatic heterocycles. The molecule has 3 rings (SSSR count). The minimum Gasteiger partial charge on any atom is -0.381 e. The molecular weight excluding hydrogens is 262 g/mol. The molecule has 122 valence electrons. The smallest absolute Gasteiger partial charge is 0.0547 e. The Morgan fingerprint density at radius 2 is 1.86 bits per heavy atom. The normalized spacial score (nSPS) is 32.1. The third-order valence-corrected chi connectivity index (χ3v) is 5.31. The lowest BCUT2D eigenvalue weighted by atomic mass is 9.86. The number of piperazine rings is 1. The van der Waals surface area contributed by atoms with Crippen LogP contribution in [0.4, 0.5) is 0 Å². The third-order valence-electron chi connectivity index (χ3n) is 5.31. The first-order chi connectivity index (χ1) is 10.2. The number of hydrogen-bond donors (Lipinski definition) is 1. The second kappa shape index (κ2) is 6.95. The molecule has 0 amide bonds. The molecule has 0 spiro atoms. The van der Waals surface area contributed by atoms with E-state index < -0.39 is 0 Å². The van der Waals surface area contributed by atoms with Crippen LogP contribution in [0.5, 0.6) is 0 Å². The summed E-state index contributed by atoms with van der Waals surface area (Å²) in [6, 6.07) is 0.567. The van der Waals surface area contributed by atoms with Gasteiger partial charge in [-0.2, -0.15) is 0 Å². The predicted molar refractivity (Wildman–Crippen MR) is 86.6 cm³/mol. The molecule has 2 aliphatic heterocycles. The molecule has 1 saturated carbocycles. The first kappa shape index (κ1) is 15.7. The van der Waals surface area contributed by atoms with Gasteiger partial charge in [-0.25, -0.2) is 0 Å². The van der Waals surface area contributed by atoms with E-state index in [0.29, 0.717) is 11.5 Å². The Labute approximate surface area is 130 Å². The highest BCUT2D eigenvalue weighted by molar-refractivity contribution is 4.90. The van der Waals surface area contributed by atoms with Gasteiger partial charge in [0.15, 0.2) is 0 Å². The van der Waals surface area contributed by atoms with E-state index in [1.165, 1.54) is 58.5 Å². The SMILES string of the molecule is CC(C)NCC1(CN2CCN(CC3CC3)CC2)CCOC1. The molecule has 0 radical (unpaired) electrons. The highest BCUT2D eigenvalue weighted by atomic mass is 16.5. The fourth-order valence-corrected chi connectivity index (χ4v) is 3.66. The van der Waals surface area contributed by atoms with Crippen molar-refractivity contribution in [3.05, 3.63) is 0 Å². The molecule has 0 bridgehead atoms. The summed E-state index contributed by atoms with van der Waals surface area (Å²) in [5.74, 6) is 1.03. The summed E-state index contributed by atoms with van der Waals surface area (Å²) in [6.07, 6.45) is 4.16. The summed E-state index contributed by atoms with van der Waals surface area (Å²) < 4.78 is 5.74. The van der Waals surface area contributed by atoms with Crippen molar-refractivity contribution in [2.45, 2.75) is 39.2 Å². The molecule has 0 aromatic carbocycles. The largest absolute Gasteiger partial charge is 0.381 e. The molecular formula is C17H33N3O. The fraction of sp³-hybridized carbons (Fsp3) is 1.00. The summed E-state index contributed by atoms with van der Waals surface area (Å²) in [5.41, 5.74) is 0.350. The molecule has 1 atom stereocenters. The van der Waals surface area contributed by atoms with Gasteiger partial charge in [0.05, 0.1) is 6.61 Å². The summed E-state index contributed by atoms with van der Waals surface area (Å²) in [4.78, 5) is 5.36. The molecule has 1 N–H and O–H groups in total. The van der Waals surface area contributed by atoms with Crippen LogP contribution in [0.1, 0.15) is 33.1 Å². The number of nitrogens with one attached hydrogen (secondary N) is 1. The lowest BCUT2D eigenvalue weighted by Crippen LogP contribution is -2.52. The number of rotatable bonds is 7. The van der Waals surface area contributed by atoms with Crippen LogP contribution in [-0.4, -0.2) is 74.9 Å². The predicted octanol–water partition coefficient (Wildman–Crippen LogP) is 1.42. The number of hydrogen-bond acceptors (Lipinski definition) is 4. The fourth-order valence-electron chi connectivity index (χ4n) is 3.66. The first-order valence-corrected chi connectivity index (χ1v) is 8.91. The molecule has 3 aliphatic rings. The van der Waals surface area contributed by atoms with Gasteiger partial charge in [0.1, 0.15) is 0 Å². The molecule has 2 heterocycles. The van der Waals surface area contributed by atoms with E-state index in [1.54, 1.807) is 0 Å². The Balaban J connectivity index is 1.45. The van der Waals surface area contributed by atoms with E-state index in [1.807, 2.05) is 0 Å². The number of ether oxygens (including phenoxy) is 1. The first-order valence-electron chi connectivity index (χ1n) is 8.91. The maximum Gasteiger partial charge on any atom is 0.0547 e. The molecule has 0 aromatic rings. The van der Waals surface area contributed by atoms with E-state index >= 15 is 0 Å². The summed E-state index contributed by atoms with van der Waals surface area (Å²) in [7, 11) is 0. The van der Waals surface area contributed by atoms with Gasteiger partial charge >= 0.3 is 0 Å². The van der Waals surface area contributed by atoms with Gasteiger partial charge < -0.3 is 19.9 Å². The van der Waals surface area contributed by atoms with Crippen molar-refractivity contribution in [2.75, 3.05) is 59.0 Å². The standard InChI is InChI=1S/C17H33N3O/c1-15(2)18-12-17(5-10-21-14-17)13-20-8-6-19(7-9-20)11-16-3-4-16/h15-16,18H,3-14H2,1-2H3. The molecule has 1 unspecified atom stereocenters. The van der Waals surface area contributed by atoms with Gasteiger partial charge in [-0.1, -0.05) is 13.8 Å². The van der Waals surface area contributed by atoms with Crippen LogP contribution in [0.15, 0.2) is 0 Å². The van der Waals surface area contributed by atoms with Gasteiger partial charge in [0, 0.05) is 63.9 Å². The van der Waals surface area contributed by atoms with E-state index in [-0.39, 0.29) is 0 Å². The molecule has 3 fully saturated rings. The summed E-state index contributed by atoms with van der Waals surface area (Å²) >= 11 is 0. The van der Waals surface area contributed by atoms with Gasteiger partial charge in [-0.3, -0.25) is 0 Å². The van der Waals surface area contributed by atoms with Gasteiger partial charge in [0.25, 0.3) is 0 Å². The highest BCUT2D eigenvalue weighted by Crippen LogP contribution is 2.31. The lowest BCUT2D eigenvalue weighted by molar-refractivity contribution is 0.0688. The van der Waals surface area contributed by atoms with Gasteiger partial charge in [0.2, 0.25) is 0 Å². The van der Waals surface area contributed by atoms with Crippen molar-refractivity contribution in [1.29, 1.82) is 0 Å². The van der Waals surface area contributed by atoms with Crippen LogP contribution < -0.4 is 5.32 Å². The molecule has 4 nitrogen and oxygen atoms in total. The van der Waals surface area contributed by atoms with Crippen molar-refractivity contribution in [1.82, 2.24) is 15.1 Å². The molecule has 21 heavy (non-hydrogen) atoms. The number of nitrogens with zero attached hydrogens (tertiary/aromatic N) is 2. The second-order valence-electron chi connectivity index (χ2n) is 7.86. The van der Waals surface area contributed by atoms with Crippen LogP contribution >= 0.6 is 0 Å². The Hall–Kier alpha value is -0.160. The summed E-state index contributed by atoms with van der Waals surface area (Å²) in [6.45, 7) is 15.1. The average Bonchev–Trinajstić information content (AvgIpc) is 3.16. The molecule has 2 saturated heterocycles. The highest BCUT2D eigenvalue weighted by Gasteiger charge is 2.37. The van der Waals surface area contributed by atoms with Crippen LogP contribution in [0.25, 0.3) is 0 Å².